The van der Waals surface area contributed by atoms with E-state index in [9.17, 15) is 18.0 Å². The maximum absolute atomic E-state index is 11.8. The second-order valence-corrected chi connectivity index (χ2v) is 8.04. The first-order valence-electron chi connectivity index (χ1n) is 6.98. The lowest BCUT2D eigenvalue weighted by Gasteiger charge is -2.34. The molecule has 0 spiro atoms. The number of hydrogen-bond donors (Lipinski definition) is 2. The monoisotopic (exact) mass is 337 g/mol. The molecule has 0 aromatic heterocycles. The minimum absolute atomic E-state index is 0.0920. The zero-order valence-electron chi connectivity index (χ0n) is 13.2. The van der Waals surface area contributed by atoms with Crippen LogP contribution in [-0.4, -0.2) is 49.6 Å². The lowest BCUT2D eigenvalue weighted by molar-refractivity contribution is -0.143. The van der Waals surface area contributed by atoms with Gasteiger partial charge in [0.2, 0.25) is 0 Å². The van der Waals surface area contributed by atoms with Crippen molar-refractivity contribution < 1.29 is 32.0 Å². The zero-order valence-corrected chi connectivity index (χ0v) is 14.0. The fourth-order valence-electron chi connectivity index (χ4n) is 2.32. The largest absolute Gasteiger partial charge is 0.481 e. The summed E-state index contributed by atoms with van der Waals surface area (Å²) in [5, 5.41) is 11.6. The predicted molar refractivity (Wildman–Crippen MR) is 77.9 cm³/mol. The Kier molecular flexibility index (Phi) is 5.80. The van der Waals surface area contributed by atoms with Crippen molar-refractivity contribution in [3.8, 4) is 0 Å². The summed E-state index contributed by atoms with van der Waals surface area (Å²) in [6.45, 7) is 5.08. The Morgan fingerprint density at radius 3 is 2.27 bits per heavy atom. The van der Waals surface area contributed by atoms with E-state index in [0.29, 0.717) is 6.42 Å². The average Bonchev–Trinajstić information content (AvgIpc) is 2.26. The molecule has 0 unspecified atom stereocenters. The van der Waals surface area contributed by atoms with Gasteiger partial charge in [-0.15, -0.1) is 0 Å². The Morgan fingerprint density at radius 1 is 1.23 bits per heavy atom. The first kappa shape index (κ1) is 18.7. The fraction of sp³-hybridized carbons (Fsp3) is 0.846. The van der Waals surface area contributed by atoms with E-state index in [1.54, 1.807) is 20.8 Å². The molecule has 0 aromatic rings. The number of carboxylic acid groups (broad SMARTS) is 1. The third-order valence-electron chi connectivity index (χ3n) is 3.14. The smallest absolute Gasteiger partial charge is 0.407 e. The maximum Gasteiger partial charge on any atom is 0.407 e. The molecule has 1 saturated carbocycles. The van der Waals surface area contributed by atoms with Gasteiger partial charge >= 0.3 is 12.1 Å². The molecule has 1 aliphatic rings. The fourth-order valence-corrected chi connectivity index (χ4v) is 3.00. The number of carboxylic acids is 1. The van der Waals surface area contributed by atoms with Crippen molar-refractivity contribution >= 4 is 22.2 Å². The van der Waals surface area contributed by atoms with Crippen molar-refractivity contribution in [2.75, 3.05) is 6.26 Å². The molecule has 0 aromatic carbocycles. The van der Waals surface area contributed by atoms with E-state index in [1.807, 2.05) is 0 Å². The van der Waals surface area contributed by atoms with Crippen LogP contribution in [0.15, 0.2) is 0 Å². The van der Waals surface area contributed by atoms with Crippen LogP contribution in [0.1, 0.15) is 40.0 Å². The molecule has 1 fully saturated rings. The second kappa shape index (κ2) is 6.82. The number of ether oxygens (including phenoxy) is 1. The molecule has 8 nitrogen and oxygen atoms in total. The van der Waals surface area contributed by atoms with E-state index < -0.39 is 45.8 Å². The van der Waals surface area contributed by atoms with Crippen LogP contribution in [0.3, 0.4) is 0 Å². The van der Waals surface area contributed by atoms with Crippen LogP contribution < -0.4 is 5.32 Å². The van der Waals surface area contributed by atoms with Gasteiger partial charge in [0.05, 0.1) is 24.3 Å². The molecule has 0 radical (unpaired) electrons. The predicted octanol–water partition coefficient (Wildman–Crippen LogP) is 1.11. The number of hydrogen-bond acceptors (Lipinski definition) is 6. The van der Waals surface area contributed by atoms with Crippen LogP contribution in [0.25, 0.3) is 0 Å². The summed E-state index contributed by atoms with van der Waals surface area (Å²) in [4.78, 5) is 22.9. The van der Waals surface area contributed by atoms with Gasteiger partial charge in [-0.2, -0.15) is 8.42 Å². The normalized spacial score (nSPS) is 26.3. The first-order chi connectivity index (χ1) is 9.87. The molecular formula is C13H23NO7S. The highest BCUT2D eigenvalue weighted by molar-refractivity contribution is 7.86. The lowest BCUT2D eigenvalue weighted by Crippen LogP contribution is -2.50. The standard InChI is InChI=1S/C13H23NO7S/c1-13(2,3)20-12(17)14-9-7-8(11(15)16)5-6-10(9)21-22(4,18)19/h8-10H,5-7H2,1-4H3,(H,14,17)(H,15,16)/t8-,9+,10+/m0/s1. The van der Waals surface area contributed by atoms with Gasteiger partial charge in [0.1, 0.15) is 5.60 Å². The summed E-state index contributed by atoms with van der Waals surface area (Å²) in [5.41, 5.74) is -0.710. The summed E-state index contributed by atoms with van der Waals surface area (Å²) in [6.07, 6.45) is 0.00557. The Hall–Kier alpha value is -1.35. The number of nitrogens with one attached hydrogen (secondary N) is 1. The van der Waals surface area contributed by atoms with Gasteiger partial charge in [0, 0.05) is 0 Å². The van der Waals surface area contributed by atoms with Crippen LogP contribution >= 0.6 is 0 Å². The van der Waals surface area contributed by atoms with Crippen LogP contribution in [0, 0.1) is 5.92 Å². The van der Waals surface area contributed by atoms with E-state index in [4.69, 9.17) is 14.0 Å². The second-order valence-electron chi connectivity index (χ2n) is 6.44. The van der Waals surface area contributed by atoms with E-state index in [-0.39, 0.29) is 12.8 Å². The van der Waals surface area contributed by atoms with Gasteiger partial charge in [-0.25, -0.2) is 4.79 Å². The molecule has 0 heterocycles. The van der Waals surface area contributed by atoms with E-state index >= 15 is 0 Å². The summed E-state index contributed by atoms with van der Waals surface area (Å²) in [6, 6.07) is -0.737. The van der Waals surface area contributed by atoms with Crippen molar-refractivity contribution in [2.45, 2.75) is 57.8 Å². The highest BCUT2D eigenvalue weighted by Crippen LogP contribution is 2.28. The third kappa shape index (κ3) is 6.61. The molecule has 9 heteroatoms. The molecular weight excluding hydrogens is 314 g/mol. The highest BCUT2D eigenvalue weighted by Gasteiger charge is 2.37. The first-order valence-corrected chi connectivity index (χ1v) is 8.79. The van der Waals surface area contributed by atoms with Gasteiger partial charge in [0.25, 0.3) is 10.1 Å². The molecule has 0 bridgehead atoms. The summed E-state index contributed by atoms with van der Waals surface area (Å²) < 4.78 is 32.7. The number of alkyl carbamates (subject to hydrolysis) is 1. The Bertz CT molecular complexity index is 523. The van der Waals surface area contributed by atoms with Crippen LogP contribution in [-0.2, 0) is 23.8 Å². The van der Waals surface area contributed by atoms with E-state index in [2.05, 4.69) is 5.32 Å². The molecule has 1 aliphatic carbocycles. The minimum atomic E-state index is -3.70. The van der Waals surface area contributed by atoms with Gasteiger partial charge in [-0.1, -0.05) is 0 Å². The third-order valence-corrected chi connectivity index (χ3v) is 3.73. The number of carbonyl (C=O) groups is 2. The number of rotatable bonds is 4. The molecule has 128 valence electrons. The summed E-state index contributed by atoms with van der Waals surface area (Å²) >= 11 is 0. The lowest BCUT2D eigenvalue weighted by atomic mass is 9.84. The van der Waals surface area contributed by atoms with Crippen molar-refractivity contribution in [1.82, 2.24) is 5.32 Å². The number of carbonyl (C=O) groups excluding carboxylic acids is 1. The molecule has 1 amide bonds. The van der Waals surface area contributed by atoms with Crippen LogP contribution in [0.4, 0.5) is 4.79 Å². The number of aliphatic carboxylic acids is 1. The van der Waals surface area contributed by atoms with Crippen molar-refractivity contribution in [3.05, 3.63) is 0 Å². The van der Waals surface area contributed by atoms with Gasteiger partial charge in [0.15, 0.2) is 0 Å². The van der Waals surface area contributed by atoms with E-state index in [1.165, 1.54) is 0 Å². The van der Waals surface area contributed by atoms with Crippen molar-refractivity contribution in [1.29, 1.82) is 0 Å². The highest BCUT2D eigenvalue weighted by atomic mass is 32.2. The van der Waals surface area contributed by atoms with Crippen molar-refractivity contribution in [2.24, 2.45) is 5.92 Å². The van der Waals surface area contributed by atoms with Crippen LogP contribution in [0.5, 0.6) is 0 Å². The molecule has 0 aliphatic heterocycles. The maximum atomic E-state index is 11.8. The van der Waals surface area contributed by atoms with Crippen LogP contribution in [0.2, 0.25) is 0 Å². The topological polar surface area (TPSA) is 119 Å². The molecule has 3 atom stereocenters. The Labute approximate surface area is 130 Å². The zero-order chi connectivity index (χ0) is 17.1. The Morgan fingerprint density at radius 2 is 1.82 bits per heavy atom. The average molecular weight is 337 g/mol. The summed E-state index contributed by atoms with van der Waals surface area (Å²) in [7, 11) is -3.70. The van der Waals surface area contributed by atoms with E-state index in [0.717, 1.165) is 6.26 Å². The summed E-state index contributed by atoms with van der Waals surface area (Å²) in [5.74, 6) is -1.63. The molecule has 1 rings (SSSR count). The van der Waals surface area contributed by atoms with Gasteiger partial charge in [-0.05, 0) is 40.0 Å². The quantitative estimate of drug-likeness (QED) is 0.737. The molecule has 2 N–H and O–H groups in total. The SMILES string of the molecule is CC(C)(C)OC(=O)N[C@@H]1C[C@@H](C(=O)O)CC[C@H]1OS(C)(=O)=O. The van der Waals surface area contributed by atoms with Gasteiger partial charge < -0.3 is 15.2 Å². The number of amides is 1. The molecule has 22 heavy (non-hydrogen) atoms. The van der Waals surface area contributed by atoms with Gasteiger partial charge in [-0.3, -0.25) is 8.98 Å². The molecule has 0 saturated heterocycles. The Balaban J connectivity index is 2.80. The minimum Gasteiger partial charge on any atom is -0.481 e. The van der Waals surface area contributed by atoms with Crippen molar-refractivity contribution in [3.63, 3.8) is 0 Å².